The van der Waals surface area contributed by atoms with Crippen LogP contribution < -0.4 is 4.89 Å². The van der Waals surface area contributed by atoms with Crippen LogP contribution in [0.4, 0.5) is 0 Å². The highest BCUT2D eigenvalue weighted by Crippen LogP contribution is 2.38. The minimum Gasteiger partial charge on any atom is -0.756 e. The summed E-state index contributed by atoms with van der Waals surface area (Å²) in [6.45, 7) is 4.20. The Bertz CT molecular complexity index is 1970. The summed E-state index contributed by atoms with van der Waals surface area (Å²) < 4.78 is 34.5. The summed E-state index contributed by atoms with van der Waals surface area (Å²) in [4.78, 5) is 38.2. The molecule has 0 aliphatic heterocycles. The van der Waals surface area contributed by atoms with Gasteiger partial charge in [0.1, 0.15) is 19.8 Å². The number of unbranched alkanes of at least 4 members (excludes halogenated alkanes) is 53. The summed E-state index contributed by atoms with van der Waals surface area (Å²) in [6, 6.07) is 0. The Hall–Kier alpha value is -2.81. The average Bonchev–Trinajstić information content (AvgIpc) is 1.30. The first-order chi connectivity index (χ1) is 49.0. The van der Waals surface area contributed by atoms with Crippen molar-refractivity contribution in [2.24, 2.45) is 0 Å². The van der Waals surface area contributed by atoms with Gasteiger partial charge >= 0.3 is 11.9 Å². The van der Waals surface area contributed by atoms with Crippen LogP contribution in [0.5, 0.6) is 0 Å². The van der Waals surface area contributed by atoms with E-state index < -0.39 is 26.5 Å². The number of ether oxygens (including phenoxy) is 2. The molecule has 0 N–H and O–H groups in total. The number of carbonyl (C=O) groups excluding carboxylic acids is 2. The van der Waals surface area contributed by atoms with E-state index in [2.05, 4.69) is 98.9 Å². The first-order valence-corrected chi connectivity index (χ1v) is 44.8. The van der Waals surface area contributed by atoms with Gasteiger partial charge in [-0.15, -0.1) is 0 Å². The van der Waals surface area contributed by atoms with E-state index in [0.717, 1.165) is 83.5 Å². The number of carbonyl (C=O) groups is 2. The standard InChI is InChI=1S/C90H166NO8P/c1-6-8-10-12-14-16-18-20-22-24-26-28-30-32-34-36-38-40-42-43-44-45-46-47-49-51-53-55-57-59-61-63-65-67-69-71-73-75-77-79-81-83-90(93)99-88(87-98-100(94,95)97-85-84-91(3,4)5)86-96-89(92)82-80-78-76-74-72-70-68-66-64-62-60-58-56-54-52-50-48-41-39-37-35-33-31-29-27-25-23-21-19-17-15-13-11-9-7-2/h8,10,14,16,20,22,26,28,32,34,38,40,43-44,88H,6-7,9,11-13,15,17-19,21,23-25,27,29-31,33,35-37,39,41-42,45-87H2,1-5H3/b10-8-,16-14-,22-20-,28-26-,34-32-,40-38-,44-43-. The van der Waals surface area contributed by atoms with E-state index >= 15 is 0 Å². The van der Waals surface area contributed by atoms with Crippen LogP contribution in [0.25, 0.3) is 0 Å². The lowest BCUT2D eigenvalue weighted by molar-refractivity contribution is -0.870. The number of nitrogens with zero attached hydrogens (tertiary/aromatic N) is 1. The summed E-state index contributed by atoms with van der Waals surface area (Å²) in [5, 5.41) is 0. The zero-order chi connectivity index (χ0) is 72.5. The summed E-state index contributed by atoms with van der Waals surface area (Å²) in [7, 11) is 1.19. The molecule has 0 aromatic heterocycles. The van der Waals surface area contributed by atoms with Crippen LogP contribution in [0, 0.1) is 0 Å². The third kappa shape index (κ3) is 84.1. The monoisotopic (exact) mass is 1420 g/mol. The maximum atomic E-state index is 12.9. The Morgan fingerprint density at radius 2 is 0.570 bits per heavy atom. The highest BCUT2D eigenvalue weighted by Gasteiger charge is 2.22. The minimum atomic E-state index is -4.65. The van der Waals surface area contributed by atoms with Crippen molar-refractivity contribution in [1.82, 2.24) is 0 Å². The van der Waals surface area contributed by atoms with E-state index in [1.165, 1.54) is 308 Å². The molecule has 0 aliphatic rings. The Labute approximate surface area is 621 Å². The molecule has 100 heavy (non-hydrogen) atoms. The normalized spacial score (nSPS) is 13.4. The third-order valence-electron chi connectivity index (χ3n) is 19.4. The predicted molar refractivity (Wildman–Crippen MR) is 434 cm³/mol. The van der Waals surface area contributed by atoms with Gasteiger partial charge in [0.25, 0.3) is 7.82 Å². The van der Waals surface area contributed by atoms with Crippen molar-refractivity contribution in [3.05, 3.63) is 85.1 Å². The van der Waals surface area contributed by atoms with Crippen LogP contribution in [0.2, 0.25) is 0 Å². The molecule has 0 spiro atoms. The third-order valence-corrected chi connectivity index (χ3v) is 20.4. The van der Waals surface area contributed by atoms with Gasteiger partial charge in [-0.05, 0) is 70.6 Å². The van der Waals surface area contributed by atoms with E-state index in [9.17, 15) is 19.0 Å². The van der Waals surface area contributed by atoms with Crippen LogP contribution >= 0.6 is 7.82 Å². The summed E-state index contributed by atoms with van der Waals surface area (Å²) in [5.41, 5.74) is 0. The van der Waals surface area contributed by atoms with E-state index in [1.54, 1.807) is 0 Å². The van der Waals surface area contributed by atoms with Gasteiger partial charge in [-0.3, -0.25) is 14.2 Å². The molecule has 10 heteroatoms. The molecule has 0 saturated carbocycles. The number of likely N-dealkylation sites (N-methyl/N-ethyl adjacent to an activating group) is 1. The molecule has 2 unspecified atom stereocenters. The van der Waals surface area contributed by atoms with Crippen LogP contribution in [-0.4, -0.2) is 70.0 Å². The molecule has 0 radical (unpaired) electrons. The van der Waals surface area contributed by atoms with Crippen molar-refractivity contribution in [2.75, 3.05) is 47.5 Å². The van der Waals surface area contributed by atoms with E-state index in [-0.39, 0.29) is 32.0 Å². The number of phosphoric acid groups is 1. The highest BCUT2D eigenvalue weighted by molar-refractivity contribution is 7.45. The molecule has 0 aromatic rings. The fourth-order valence-corrected chi connectivity index (χ4v) is 13.6. The van der Waals surface area contributed by atoms with Gasteiger partial charge in [-0.1, -0.05) is 426 Å². The van der Waals surface area contributed by atoms with Gasteiger partial charge in [0.05, 0.1) is 27.7 Å². The number of hydrogen-bond donors (Lipinski definition) is 0. The number of quaternary nitrogens is 1. The summed E-state index contributed by atoms with van der Waals surface area (Å²) in [6.07, 6.45) is 112. The van der Waals surface area contributed by atoms with Crippen LogP contribution in [0.15, 0.2) is 85.1 Å². The fraction of sp³-hybridized carbons (Fsp3) is 0.822. The summed E-state index contributed by atoms with van der Waals surface area (Å²) >= 11 is 0. The van der Waals surface area contributed by atoms with E-state index in [1.807, 2.05) is 21.1 Å². The first-order valence-electron chi connectivity index (χ1n) is 43.3. The Morgan fingerprint density at radius 1 is 0.320 bits per heavy atom. The van der Waals surface area contributed by atoms with Crippen molar-refractivity contribution in [3.63, 3.8) is 0 Å². The Kier molecular flexibility index (Phi) is 78.0. The molecule has 0 rings (SSSR count). The lowest BCUT2D eigenvalue weighted by Gasteiger charge is -2.28. The second kappa shape index (κ2) is 80.3. The number of rotatable bonds is 81. The molecule has 0 bridgehead atoms. The smallest absolute Gasteiger partial charge is 0.306 e. The lowest BCUT2D eigenvalue weighted by atomic mass is 10.0. The number of hydrogen-bond acceptors (Lipinski definition) is 8. The van der Waals surface area contributed by atoms with Crippen LogP contribution in [0.3, 0.4) is 0 Å². The summed E-state index contributed by atoms with van der Waals surface area (Å²) in [5.74, 6) is -0.810. The van der Waals surface area contributed by atoms with E-state index in [0.29, 0.717) is 17.4 Å². The molecule has 0 heterocycles. The maximum Gasteiger partial charge on any atom is 0.306 e. The molecule has 584 valence electrons. The topological polar surface area (TPSA) is 111 Å². The number of phosphoric ester groups is 1. The highest BCUT2D eigenvalue weighted by atomic mass is 31.2. The number of esters is 2. The number of allylic oxidation sites excluding steroid dienone is 14. The van der Waals surface area contributed by atoms with Gasteiger partial charge in [-0.25, -0.2) is 0 Å². The van der Waals surface area contributed by atoms with Crippen molar-refractivity contribution in [3.8, 4) is 0 Å². The van der Waals surface area contributed by atoms with Gasteiger partial charge in [0, 0.05) is 12.8 Å². The van der Waals surface area contributed by atoms with Gasteiger partial charge in [0.2, 0.25) is 0 Å². The minimum absolute atomic E-state index is 0.0293. The predicted octanol–water partition coefficient (Wildman–Crippen LogP) is 28.5. The lowest BCUT2D eigenvalue weighted by Crippen LogP contribution is -2.37. The molecule has 0 aromatic carbocycles. The first kappa shape index (κ1) is 97.2. The van der Waals surface area contributed by atoms with Crippen LogP contribution in [-0.2, 0) is 32.7 Å². The van der Waals surface area contributed by atoms with Crippen molar-refractivity contribution in [2.45, 2.75) is 431 Å². The Balaban J connectivity index is 3.89. The van der Waals surface area contributed by atoms with Crippen molar-refractivity contribution >= 4 is 19.8 Å². The quantitative estimate of drug-likeness (QED) is 0.0195. The molecule has 2 atom stereocenters. The fourth-order valence-electron chi connectivity index (χ4n) is 12.9. The second-order valence-corrected chi connectivity index (χ2v) is 31.9. The molecule has 0 saturated heterocycles. The average molecular weight is 1420 g/mol. The van der Waals surface area contributed by atoms with E-state index in [4.69, 9.17) is 18.5 Å². The van der Waals surface area contributed by atoms with Crippen molar-refractivity contribution in [1.29, 1.82) is 0 Å². The van der Waals surface area contributed by atoms with Gasteiger partial charge < -0.3 is 27.9 Å². The van der Waals surface area contributed by atoms with Gasteiger partial charge in [0.15, 0.2) is 6.10 Å². The second-order valence-electron chi connectivity index (χ2n) is 30.5. The molecule has 0 amide bonds. The molecule has 9 nitrogen and oxygen atoms in total. The molecule has 0 aliphatic carbocycles. The Morgan fingerprint density at radius 3 is 0.850 bits per heavy atom. The molecule has 0 fully saturated rings. The zero-order valence-corrected chi connectivity index (χ0v) is 67.8. The maximum absolute atomic E-state index is 12.9. The largest absolute Gasteiger partial charge is 0.756 e. The zero-order valence-electron chi connectivity index (χ0n) is 66.9. The van der Waals surface area contributed by atoms with Gasteiger partial charge in [-0.2, -0.15) is 0 Å². The molecular weight excluding hydrogens is 1250 g/mol. The van der Waals surface area contributed by atoms with Crippen LogP contribution in [0.1, 0.15) is 425 Å². The van der Waals surface area contributed by atoms with Crippen molar-refractivity contribution < 1.29 is 42.1 Å². The SMILES string of the molecule is CC/C=C\C/C=C\C/C=C\C/C=C\C/C=C\C/C=C\C/C=C\CCCCCCCCCCCCCCCCCCCCCC(=O)OC(COC(=O)CCCCCCCCCCCCCCCCCCCCCCCCCCCCCCCCCCCCC)COP(=O)([O-])OCC[N+](C)(C)C. The molecular formula is C90H166NO8P.